The number of pyridine rings is 1. The Labute approximate surface area is 77.6 Å². The van der Waals surface area contributed by atoms with Gasteiger partial charge in [0.05, 0.1) is 5.69 Å². The molecular weight excluding hydrogens is 166 g/mol. The highest BCUT2D eigenvalue weighted by molar-refractivity contribution is 7.99. The highest BCUT2D eigenvalue weighted by Gasteiger charge is 2.25. The van der Waals surface area contributed by atoms with Crippen molar-refractivity contribution < 1.29 is 0 Å². The Bertz CT molecular complexity index is 294. The number of hydrogen-bond acceptors (Lipinski definition) is 2. The van der Waals surface area contributed by atoms with E-state index in [1.54, 1.807) is 0 Å². The molecule has 0 fully saturated rings. The molecule has 0 spiro atoms. The normalized spacial score (nSPS) is 20.2. The van der Waals surface area contributed by atoms with Gasteiger partial charge in [-0.25, -0.2) is 0 Å². The van der Waals surface area contributed by atoms with E-state index in [0.29, 0.717) is 5.41 Å². The second kappa shape index (κ2) is 2.77. The molecule has 0 saturated heterocycles. The van der Waals surface area contributed by atoms with Crippen LogP contribution >= 0.6 is 11.8 Å². The Morgan fingerprint density at radius 1 is 1.50 bits per heavy atom. The van der Waals surface area contributed by atoms with Gasteiger partial charge < -0.3 is 0 Å². The maximum Gasteiger partial charge on any atom is 0.0544 e. The highest BCUT2D eigenvalue weighted by Crippen LogP contribution is 2.37. The van der Waals surface area contributed by atoms with E-state index in [1.165, 1.54) is 16.3 Å². The van der Waals surface area contributed by atoms with E-state index in [0.717, 1.165) is 6.42 Å². The molecule has 1 aliphatic heterocycles. The van der Waals surface area contributed by atoms with Gasteiger partial charge in [-0.05, 0) is 24.0 Å². The van der Waals surface area contributed by atoms with E-state index in [-0.39, 0.29) is 0 Å². The summed E-state index contributed by atoms with van der Waals surface area (Å²) in [6.07, 6.45) is 3.01. The fraction of sp³-hybridized carbons (Fsp3) is 0.500. The van der Waals surface area contributed by atoms with E-state index in [1.807, 2.05) is 24.0 Å². The van der Waals surface area contributed by atoms with Gasteiger partial charge in [0.2, 0.25) is 0 Å². The van der Waals surface area contributed by atoms with Crippen LogP contribution in [0.15, 0.2) is 23.2 Å². The Morgan fingerprint density at radius 3 is 3.17 bits per heavy atom. The van der Waals surface area contributed by atoms with Gasteiger partial charge >= 0.3 is 0 Å². The standard InChI is InChI=1S/C10H13NS/c1-10(2)6-8-9(12-7-10)4-3-5-11-8/h3-5H,6-7H2,1-2H3. The number of nitrogens with zero attached hydrogens (tertiary/aromatic N) is 1. The van der Waals surface area contributed by atoms with Crippen molar-refractivity contribution in [2.75, 3.05) is 5.75 Å². The molecule has 0 bridgehead atoms. The topological polar surface area (TPSA) is 12.9 Å². The van der Waals surface area contributed by atoms with Crippen molar-refractivity contribution in [3.8, 4) is 0 Å². The zero-order chi connectivity index (χ0) is 8.60. The van der Waals surface area contributed by atoms with Crippen molar-refractivity contribution in [1.29, 1.82) is 0 Å². The van der Waals surface area contributed by atoms with E-state index >= 15 is 0 Å². The Hall–Kier alpha value is -0.500. The van der Waals surface area contributed by atoms with Crippen molar-refractivity contribution in [2.24, 2.45) is 5.41 Å². The molecule has 1 aromatic heterocycles. The Kier molecular flexibility index (Phi) is 1.87. The monoisotopic (exact) mass is 179 g/mol. The molecule has 2 rings (SSSR count). The Morgan fingerprint density at radius 2 is 2.33 bits per heavy atom. The molecule has 1 aliphatic rings. The van der Waals surface area contributed by atoms with Gasteiger partial charge in [-0.3, -0.25) is 4.98 Å². The summed E-state index contributed by atoms with van der Waals surface area (Å²) >= 11 is 1.93. The number of fused-ring (bicyclic) bond motifs is 1. The van der Waals surface area contributed by atoms with Crippen molar-refractivity contribution in [1.82, 2.24) is 4.98 Å². The van der Waals surface area contributed by atoms with Crippen LogP contribution in [-0.4, -0.2) is 10.7 Å². The van der Waals surface area contributed by atoms with Crippen molar-refractivity contribution in [3.05, 3.63) is 24.0 Å². The summed E-state index contributed by atoms with van der Waals surface area (Å²) in [5.41, 5.74) is 1.70. The maximum absolute atomic E-state index is 4.39. The predicted molar refractivity (Wildman–Crippen MR) is 52.4 cm³/mol. The van der Waals surface area contributed by atoms with Gasteiger partial charge in [-0.1, -0.05) is 13.8 Å². The minimum absolute atomic E-state index is 0.423. The molecule has 12 heavy (non-hydrogen) atoms. The van der Waals surface area contributed by atoms with Gasteiger partial charge in [0.15, 0.2) is 0 Å². The molecule has 1 aromatic rings. The lowest BCUT2D eigenvalue weighted by Crippen LogP contribution is -2.22. The van der Waals surface area contributed by atoms with E-state index in [2.05, 4.69) is 24.9 Å². The summed E-state index contributed by atoms with van der Waals surface area (Å²) in [5, 5.41) is 0. The summed E-state index contributed by atoms with van der Waals surface area (Å²) in [5.74, 6) is 1.21. The van der Waals surface area contributed by atoms with Gasteiger partial charge in [0.25, 0.3) is 0 Å². The number of thioether (sulfide) groups is 1. The summed E-state index contributed by atoms with van der Waals surface area (Å²) in [7, 11) is 0. The minimum Gasteiger partial charge on any atom is -0.260 e. The maximum atomic E-state index is 4.39. The lowest BCUT2D eigenvalue weighted by Gasteiger charge is -2.29. The minimum atomic E-state index is 0.423. The number of rotatable bonds is 0. The molecule has 2 heteroatoms. The molecule has 0 atom stereocenters. The molecule has 0 unspecified atom stereocenters. The van der Waals surface area contributed by atoms with Crippen LogP contribution < -0.4 is 0 Å². The fourth-order valence-electron chi connectivity index (χ4n) is 1.46. The van der Waals surface area contributed by atoms with Gasteiger partial charge in [0.1, 0.15) is 0 Å². The molecule has 0 aromatic carbocycles. The average Bonchev–Trinajstić information content (AvgIpc) is 2.02. The molecular formula is C10H13NS. The molecule has 0 radical (unpaired) electrons. The summed E-state index contributed by atoms with van der Waals surface area (Å²) in [6.45, 7) is 4.61. The summed E-state index contributed by atoms with van der Waals surface area (Å²) in [6, 6.07) is 4.19. The van der Waals surface area contributed by atoms with Crippen molar-refractivity contribution in [3.63, 3.8) is 0 Å². The molecule has 1 nitrogen and oxygen atoms in total. The zero-order valence-corrected chi connectivity index (χ0v) is 8.32. The largest absolute Gasteiger partial charge is 0.260 e. The third-order valence-electron chi connectivity index (χ3n) is 2.11. The van der Waals surface area contributed by atoms with Crippen LogP contribution in [-0.2, 0) is 6.42 Å². The van der Waals surface area contributed by atoms with E-state index in [4.69, 9.17) is 0 Å². The molecule has 0 aliphatic carbocycles. The van der Waals surface area contributed by atoms with Crippen LogP contribution in [0.3, 0.4) is 0 Å². The molecule has 64 valence electrons. The fourth-order valence-corrected chi connectivity index (χ4v) is 2.58. The first-order chi connectivity index (χ1) is 5.67. The lowest BCUT2D eigenvalue weighted by molar-refractivity contribution is 0.406. The zero-order valence-electron chi connectivity index (χ0n) is 7.50. The predicted octanol–water partition coefficient (Wildman–Crippen LogP) is 2.76. The summed E-state index contributed by atoms with van der Waals surface area (Å²) in [4.78, 5) is 5.77. The van der Waals surface area contributed by atoms with Crippen LogP contribution in [0.25, 0.3) is 0 Å². The van der Waals surface area contributed by atoms with Crippen LogP contribution in [0.5, 0.6) is 0 Å². The molecule has 0 N–H and O–H groups in total. The first-order valence-electron chi connectivity index (χ1n) is 4.24. The van der Waals surface area contributed by atoms with Crippen molar-refractivity contribution in [2.45, 2.75) is 25.2 Å². The van der Waals surface area contributed by atoms with E-state index < -0.39 is 0 Å². The van der Waals surface area contributed by atoms with Crippen molar-refractivity contribution >= 4 is 11.8 Å². The van der Waals surface area contributed by atoms with Crippen LogP contribution in [0.1, 0.15) is 19.5 Å². The molecule has 0 saturated carbocycles. The van der Waals surface area contributed by atoms with Gasteiger partial charge in [0, 0.05) is 16.8 Å². The SMILES string of the molecule is CC1(C)CSc2cccnc2C1. The molecule has 2 heterocycles. The summed E-state index contributed by atoms with van der Waals surface area (Å²) < 4.78 is 0. The smallest absolute Gasteiger partial charge is 0.0544 e. The lowest BCUT2D eigenvalue weighted by atomic mass is 9.89. The number of hydrogen-bond donors (Lipinski definition) is 0. The first kappa shape index (κ1) is 8.11. The average molecular weight is 179 g/mol. The van der Waals surface area contributed by atoms with Crippen LogP contribution in [0.2, 0.25) is 0 Å². The number of aromatic nitrogens is 1. The van der Waals surface area contributed by atoms with Crippen LogP contribution in [0.4, 0.5) is 0 Å². The third-order valence-corrected chi connectivity index (χ3v) is 3.72. The highest BCUT2D eigenvalue weighted by atomic mass is 32.2. The first-order valence-corrected chi connectivity index (χ1v) is 5.23. The van der Waals surface area contributed by atoms with E-state index in [9.17, 15) is 0 Å². The molecule has 0 amide bonds. The third kappa shape index (κ3) is 1.48. The van der Waals surface area contributed by atoms with Gasteiger partial charge in [-0.15, -0.1) is 11.8 Å². The quantitative estimate of drug-likeness (QED) is 0.607. The second-order valence-electron chi connectivity index (χ2n) is 4.08. The van der Waals surface area contributed by atoms with Crippen LogP contribution in [0, 0.1) is 5.41 Å². The van der Waals surface area contributed by atoms with Gasteiger partial charge in [-0.2, -0.15) is 0 Å². The second-order valence-corrected chi connectivity index (χ2v) is 5.10. The Balaban J connectivity index is 2.35.